The molecular formula is C24H31FN2O3. The van der Waals surface area contributed by atoms with Crippen LogP contribution in [-0.2, 0) is 6.42 Å². The molecule has 6 heteroatoms. The Balaban J connectivity index is 1.53. The molecule has 1 aliphatic rings. The second-order valence-corrected chi connectivity index (χ2v) is 7.91. The van der Waals surface area contributed by atoms with Crippen molar-refractivity contribution in [2.75, 3.05) is 47.4 Å². The summed E-state index contributed by atoms with van der Waals surface area (Å²) in [6.07, 6.45) is 3.16. The molecule has 1 fully saturated rings. The maximum Gasteiger partial charge on any atom is 0.253 e. The topological polar surface area (TPSA) is 42.0 Å². The predicted octanol–water partition coefficient (Wildman–Crippen LogP) is 3.87. The minimum atomic E-state index is -0.517. The molecule has 0 unspecified atom stereocenters. The van der Waals surface area contributed by atoms with Crippen LogP contribution in [0.4, 0.5) is 4.39 Å². The Morgan fingerprint density at radius 3 is 2.67 bits per heavy atom. The number of ether oxygens (including phenoxy) is 2. The lowest BCUT2D eigenvalue weighted by Gasteiger charge is -2.34. The number of benzene rings is 2. The summed E-state index contributed by atoms with van der Waals surface area (Å²) in [4.78, 5) is 16.9. The third kappa shape index (κ3) is 5.51. The fourth-order valence-electron chi connectivity index (χ4n) is 4.18. The van der Waals surface area contributed by atoms with Crippen molar-refractivity contribution in [3.05, 3.63) is 59.4 Å². The standard InChI is InChI=1S/C24H31FN2O3/c1-26(24(28)20-10-11-23(30-3)21(25)15-20)16-18-7-6-13-27(17-18)14-12-19-8-4-5-9-22(19)29-2/h4-5,8-11,15,18H,6-7,12-14,16-17H2,1-3H3/t18-/m0/s1. The number of halogens is 1. The van der Waals surface area contributed by atoms with Gasteiger partial charge in [-0.2, -0.15) is 0 Å². The first-order valence-corrected chi connectivity index (χ1v) is 10.4. The molecule has 0 aliphatic carbocycles. The molecule has 0 radical (unpaired) electrons. The van der Waals surface area contributed by atoms with E-state index in [4.69, 9.17) is 9.47 Å². The Labute approximate surface area is 178 Å². The summed E-state index contributed by atoms with van der Waals surface area (Å²) >= 11 is 0. The van der Waals surface area contributed by atoms with E-state index in [-0.39, 0.29) is 11.7 Å². The number of amides is 1. The van der Waals surface area contributed by atoms with Crippen LogP contribution in [0.3, 0.4) is 0 Å². The van der Waals surface area contributed by atoms with Gasteiger partial charge in [-0.05, 0) is 61.6 Å². The highest BCUT2D eigenvalue weighted by molar-refractivity contribution is 5.94. The molecule has 5 nitrogen and oxygen atoms in total. The Bertz CT molecular complexity index is 858. The predicted molar refractivity (Wildman–Crippen MR) is 116 cm³/mol. The lowest BCUT2D eigenvalue weighted by molar-refractivity contribution is 0.0729. The van der Waals surface area contributed by atoms with Crippen molar-refractivity contribution in [3.8, 4) is 11.5 Å². The maximum absolute atomic E-state index is 14.0. The second-order valence-electron chi connectivity index (χ2n) is 7.91. The van der Waals surface area contributed by atoms with Crippen molar-refractivity contribution in [2.24, 2.45) is 5.92 Å². The molecule has 2 aromatic carbocycles. The summed E-state index contributed by atoms with van der Waals surface area (Å²) in [6.45, 7) is 3.67. The molecule has 1 aliphatic heterocycles. The van der Waals surface area contributed by atoms with Gasteiger partial charge in [-0.3, -0.25) is 4.79 Å². The Hall–Kier alpha value is -2.60. The number of carbonyl (C=O) groups excluding carboxylic acids is 1. The van der Waals surface area contributed by atoms with E-state index in [2.05, 4.69) is 11.0 Å². The first kappa shape index (κ1) is 22.1. The van der Waals surface area contributed by atoms with Crippen LogP contribution in [0.2, 0.25) is 0 Å². The minimum absolute atomic E-state index is 0.146. The van der Waals surface area contributed by atoms with Crippen molar-refractivity contribution >= 4 is 5.91 Å². The number of hydrogen-bond acceptors (Lipinski definition) is 4. The lowest BCUT2D eigenvalue weighted by atomic mass is 9.96. The second kappa shape index (κ2) is 10.4. The third-order valence-electron chi connectivity index (χ3n) is 5.77. The van der Waals surface area contributed by atoms with Crippen molar-refractivity contribution in [1.82, 2.24) is 9.80 Å². The van der Waals surface area contributed by atoms with Gasteiger partial charge < -0.3 is 19.3 Å². The quantitative estimate of drug-likeness (QED) is 0.658. The highest BCUT2D eigenvalue weighted by Crippen LogP contribution is 2.22. The van der Waals surface area contributed by atoms with E-state index in [0.717, 1.165) is 44.6 Å². The third-order valence-corrected chi connectivity index (χ3v) is 5.77. The van der Waals surface area contributed by atoms with Crippen LogP contribution in [0.1, 0.15) is 28.8 Å². The first-order valence-electron chi connectivity index (χ1n) is 10.4. The highest BCUT2D eigenvalue weighted by atomic mass is 19.1. The molecule has 1 atom stereocenters. The Kier molecular flexibility index (Phi) is 7.69. The van der Waals surface area contributed by atoms with Gasteiger partial charge in [-0.1, -0.05) is 18.2 Å². The monoisotopic (exact) mass is 414 g/mol. The molecule has 0 saturated carbocycles. The number of piperidine rings is 1. The average molecular weight is 415 g/mol. The zero-order valence-electron chi connectivity index (χ0n) is 18.1. The van der Waals surface area contributed by atoms with Crippen molar-refractivity contribution in [2.45, 2.75) is 19.3 Å². The molecule has 1 saturated heterocycles. The van der Waals surface area contributed by atoms with Gasteiger partial charge in [0.1, 0.15) is 5.75 Å². The zero-order valence-corrected chi connectivity index (χ0v) is 18.1. The Morgan fingerprint density at radius 2 is 1.93 bits per heavy atom. The van der Waals surface area contributed by atoms with Crippen molar-refractivity contribution in [3.63, 3.8) is 0 Å². The van der Waals surface area contributed by atoms with Gasteiger partial charge in [0.2, 0.25) is 0 Å². The molecule has 2 aromatic rings. The number of likely N-dealkylation sites (tertiary alicyclic amines) is 1. The van der Waals surface area contributed by atoms with Crippen LogP contribution >= 0.6 is 0 Å². The maximum atomic E-state index is 14.0. The van der Waals surface area contributed by atoms with E-state index in [1.165, 1.54) is 24.8 Å². The van der Waals surface area contributed by atoms with Crippen LogP contribution in [0.5, 0.6) is 11.5 Å². The fraction of sp³-hybridized carbons (Fsp3) is 0.458. The smallest absolute Gasteiger partial charge is 0.253 e. The normalized spacial score (nSPS) is 16.9. The number of rotatable bonds is 8. The summed E-state index contributed by atoms with van der Waals surface area (Å²) in [5, 5.41) is 0. The summed E-state index contributed by atoms with van der Waals surface area (Å²) in [5.41, 5.74) is 1.57. The van der Waals surface area contributed by atoms with E-state index >= 15 is 0 Å². The van der Waals surface area contributed by atoms with E-state index < -0.39 is 5.82 Å². The van der Waals surface area contributed by atoms with Crippen LogP contribution < -0.4 is 9.47 Å². The number of carbonyl (C=O) groups is 1. The molecule has 0 N–H and O–H groups in total. The van der Waals surface area contributed by atoms with Crippen LogP contribution in [-0.4, -0.2) is 63.2 Å². The first-order chi connectivity index (χ1) is 14.5. The molecule has 0 aromatic heterocycles. The molecule has 1 heterocycles. The van der Waals surface area contributed by atoms with Crippen LogP contribution in [0.15, 0.2) is 42.5 Å². The van der Waals surface area contributed by atoms with Gasteiger partial charge in [0.05, 0.1) is 14.2 Å². The largest absolute Gasteiger partial charge is 0.496 e. The summed E-state index contributed by atoms with van der Waals surface area (Å²) in [5.74, 6) is 0.809. The summed E-state index contributed by atoms with van der Waals surface area (Å²) in [6, 6.07) is 12.5. The van der Waals surface area contributed by atoms with E-state index in [1.54, 1.807) is 25.1 Å². The highest BCUT2D eigenvalue weighted by Gasteiger charge is 2.23. The molecule has 0 spiro atoms. The van der Waals surface area contributed by atoms with Crippen molar-refractivity contribution < 1.29 is 18.7 Å². The minimum Gasteiger partial charge on any atom is -0.496 e. The fourth-order valence-corrected chi connectivity index (χ4v) is 4.18. The van der Waals surface area contributed by atoms with Gasteiger partial charge in [-0.15, -0.1) is 0 Å². The van der Waals surface area contributed by atoms with E-state index in [9.17, 15) is 9.18 Å². The SMILES string of the molecule is COc1ccc(C(=O)N(C)C[C@@H]2CCCN(CCc3ccccc3OC)C2)cc1F. The number of methoxy groups -OCH3 is 2. The van der Waals surface area contributed by atoms with Gasteiger partial charge in [0, 0.05) is 32.2 Å². The van der Waals surface area contributed by atoms with Gasteiger partial charge in [0.15, 0.2) is 11.6 Å². The molecule has 1 amide bonds. The molecular weight excluding hydrogens is 383 g/mol. The van der Waals surface area contributed by atoms with Gasteiger partial charge in [0.25, 0.3) is 5.91 Å². The number of nitrogens with zero attached hydrogens (tertiary/aromatic N) is 2. The molecule has 3 rings (SSSR count). The molecule has 0 bridgehead atoms. The van der Waals surface area contributed by atoms with Crippen LogP contribution in [0.25, 0.3) is 0 Å². The van der Waals surface area contributed by atoms with Crippen molar-refractivity contribution in [1.29, 1.82) is 0 Å². The number of para-hydroxylation sites is 1. The molecule has 30 heavy (non-hydrogen) atoms. The van der Waals surface area contributed by atoms with E-state index in [1.807, 2.05) is 18.2 Å². The van der Waals surface area contributed by atoms with Gasteiger partial charge >= 0.3 is 0 Å². The summed E-state index contributed by atoms with van der Waals surface area (Å²) in [7, 11) is 4.91. The zero-order chi connectivity index (χ0) is 21.5. The number of hydrogen-bond donors (Lipinski definition) is 0. The Morgan fingerprint density at radius 1 is 1.17 bits per heavy atom. The van der Waals surface area contributed by atoms with E-state index in [0.29, 0.717) is 18.0 Å². The molecule has 162 valence electrons. The van der Waals surface area contributed by atoms with Crippen LogP contribution in [0, 0.1) is 11.7 Å². The van der Waals surface area contributed by atoms with Gasteiger partial charge in [-0.25, -0.2) is 4.39 Å². The summed E-state index contributed by atoms with van der Waals surface area (Å²) < 4.78 is 24.3. The lowest BCUT2D eigenvalue weighted by Crippen LogP contribution is -2.42. The average Bonchev–Trinajstić information content (AvgIpc) is 2.77.